The molecule has 0 unspecified atom stereocenters. The number of ether oxygens (including phenoxy) is 1. The number of fused-ring (bicyclic) bond motifs is 1. The smallest absolute Gasteiger partial charge is 0.254 e. The molecule has 0 aliphatic carbocycles. The Morgan fingerprint density at radius 1 is 1.44 bits per heavy atom. The quantitative estimate of drug-likeness (QED) is 0.765. The Morgan fingerprint density at radius 3 is 3.08 bits per heavy atom. The summed E-state index contributed by atoms with van der Waals surface area (Å²) in [4.78, 5) is 18.9. The van der Waals surface area contributed by atoms with Crippen molar-refractivity contribution in [1.29, 1.82) is 0 Å². The first-order valence-electron chi connectivity index (χ1n) is 8.28. The maximum absolute atomic E-state index is 12.9. The van der Waals surface area contributed by atoms with E-state index in [-0.39, 0.29) is 12.0 Å². The molecule has 1 N–H and O–H groups in total. The van der Waals surface area contributed by atoms with Gasteiger partial charge in [0.05, 0.1) is 18.7 Å². The van der Waals surface area contributed by atoms with Crippen LogP contribution >= 0.6 is 0 Å². The highest BCUT2D eigenvalue weighted by molar-refractivity contribution is 5.97. The molecule has 4 rings (SSSR count). The van der Waals surface area contributed by atoms with E-state index in [0.29, 0.717) is 31.1 Å². The van der Waals surface area contributed by atoms with Crippen molar-refractivity contribution in [2.24, 2.45) is 0 Å². The molecular weight excluding hydrogens is 322 g/mol. The van der Waals surface area contributed by atoms with Gasteiger partial charge in [-0.1, -0.05) is 5.21 Å². The molecule has 0 spiro atoms. The van der Waals surface area contributed by atoms with Crippen LogP contribution in [-0.2, 0) is 11.3 Å². The fourth-order valence-electron chi connectivity index (χ4n) is 3.02. The van der Waals surface area contributed by atoms with Crippen LogP contribution in [0, 0.1) is 6.92 Å². The van der Waals surface area contributed by atoms with Crippen LogP contribution in [0.1, 0.15) is 35.0 Å². The molecule has 0 saturated carbocycles. The number of amides is 1. The second kappa shape index (κ2) is 6.25. The summed E-state index contributed by atoms with van der Waals surface area (Å²) in [6.45, 7) is 6.00. The molecule has 1 aliphatic heterocycles. The van der Waals surface area contributed by atoms with E-state index in [1.807, 2.05) is 26.0 Å². The Morgan fingerprint density at radius 2 is 2.32 bits per heavy atom. The third-order valence-corrected chi connectivity index (χ3v) is 4.32. The first kappa shape index (κ1) is 15.7. The van der Waals surface area contributed by atoms with E-state index in [2.05, 4.69) is 25.5 Å². The number of H-pyrrole nitrogens is 1. The highest BCUT2D eigenvalue weighted by Gasteiger charge is 2.28. The van der Waals surface area contributed by atoms with E-state index in [9.17, 15) is 4.79 Å². The minimum Gasteiger partial charge on any atom is -0.366 e. The number of nitrogens with zero attached hydrogens (tertiary/aromatic N) is 6. The van der Waals surface area contributed by atoms with Crippen LogP contribution in [0.4, 0.5) is 0 Å². The summed E-state index contributed by atoms with van der Waals surface area (Å²) in [6.07, 6.45) is -0.313. The van der Waals surface area contributed by atoms with Gasteiger partial charge in [-0.05, 0) is 32.0 Å². The zero-order chi connectivity index (χ0) is 17.4. The van der Waals surface area contributed by atoms with Crippen molar-refractivity contribution in [2.75, 3.05) is 19.7 Å². The van der Waals surface area contributed by atoms with Crippen molar-refractivity contribution in [2.45, 2.75) is 26.5 Å². The molecule has 9 heteroatoms. The molecule has 1 aliphatic rings. The minimum absolute atomic E-state index is 0.0477. The van der Waals surface area contributed by atoms with Gasteiger partial charge >= 0.3 is 0 Å². The van der Waals surface area contributed by atoms with Gasteiger partial charge in [0.15, 0.2) is 5.82 Å². The normalized spacial score (nSPS) is 18.0. The molecule has 1 saturated heterocycles. The number of benzene rings is 1. The van der Waals surface area contributed by atoms with E-state index >= 15 is 0 Å². The van der Waals surface area contributed by atoms with Crippen LogP contribution in [0.3, 0.4) is 0 Å². The van der Waals surface area contributed by atoms with E-state index in [0.717, 1.165) is 23.4 Å². The molecule has 1 amide bonds. The summed E-state index contributed by atoms with van der Waals surface area (Å²) in [5.41, 5.74) is 2.25. The molecule has 130 valence electrons. The van der Waals surface area contributed by atoms with Crippen molar-refractivity contribution >= 4 is 16.9 Å². The zero-order valence-electron chi connectivity index (χ0n) is 14.1. The Bertz CT molecular complexity index is 916. The molecule has 25 heavy (non-hydrogen) atoms. The molecule has 1 aromatic carbocycles. The molecule has 1 atom stereocenters. The van der Waals surface area contributed by atoms with Crippen LogP contribution in [0.5, 0.6) is 0 Å². The first-order chi connectivity index (χ1) is 12.2. The predicted molar refractivity (Wildman–Crippen MR) is 88.9 cm³/mol. The Balaban J connectivity index is 1.55. The van der Waals surface area contributed by atoms with Crippen molar-refractivity contribution in [3.05, 3.63) is 35.4 Å². The second-order valence-electron chi connectivity index (χ2n) is 6.00. The highest BCUT2D eigenvalue weighted by Crippen LogP contribution is 2.22. The van der Waals surface area contributed by atoms with Crippen LogP contribution in [0.25, 0.3) is 11.0 Å². The molecule has 1 fully saturated rings. The number of carbonyl (C=O) groups is 1. The number of nitrogens with one attached hydrogen (secondary N) is 1. The molecule has 3 heterocycles. The number of hydrogen-bond acceptors (Lipinski definition) is 6. The summed E-state index contributed by atoms with van der Waals surface area (Å²) in [5.74, 6) is 1.26. The fraction of sp³-hybridized carbons (Fsp3) is 0.438. The summed E-state index contributed by atoms with van der Waals surface area (Å²) < 4.78 is 7.52. The predicted octanol–water partition coefficient (Wildman–Crippen LogP) is 1.09. The lowest BCUT2D eigenvalue weighted by Crippen LogP contribution is -2.42. The topological polar surface area (TPSA) is 102 Å². The standard InChI is InChI=1S/C16H19N7O2/c1-3-23-13-5-4-11(8-12(13)19-21-23)16(24)22-6-7-25-14(9-22)15-17-10(2)18-20-15/h4-5,8,14H,3,6-7,9H2,1-2H3,(H,17,18,20)/t14-/m1/s1. The SMILES string of the molecule is CCn1nnc2cc(C(=O)N3CCO[C@@H](c4n[nH]c(C)n4)C3)ccc21. The van der Waals surface area contributed by atoms with Gasteiger partial charge in [-0.3, -0.25) is 9.89 Å². The zero-order valence-corrected chi connectivity index (χ0v) is 14.1. The van der Waals surface area contributed by atoms with Crippen molar-refractivity contribution in [3.8, 4) is 0 Å². The van der Waals surface area contributed by atoms with Gasteiger partial charge in [0.1, 0.15) is 17.4 Å². The third-order valence-electron chi connectivity index (χ3n) is 4.32. The lowest BCUT2D eigenvalue weighted by Gasteiger charge is -2.31. The Labute approximate surface area is 144 Å². The number of carbonyl (C=O) groups excluding carboxylic acids is 1. The Hall–Kier alpha value is -2.81. The van der Waals surface area contributed by atoms with Gasteiger partial charge in [0, 0.05) is 18.7 Å². The summed E-state index contributed by atoms with van der Waals surface area (Å²) >= 11 is 0. The van der Waals surface area contributed by atoms with Crippen molar-refractivity contribution < 1.29 is 9.53 Å². The van der Waals surface area contributed by atoms with Gasteiger partial charge in [0.2, 0.25) is 0 Å². The lowest BCUT2D eigenvalue weighted by atomic mass is 10.1. The number of hydrogen-bond donors (Lipinski definition) is 1. The molecule has 0 radical (unpaired) electrons. The van der Waals surface area contributed by atoms with Gasteiger partial charge < -0.3 is 9.64 Å². The number of rotatable bonds is 3. The minimum atomic E-state index is -0.313. The van der Waals surface area contributed by atoms with Gasteiger partial charge in [0.25, 0.3) is 5.91 Å². The van der Waals surface area contributed by atoms with Gasteiger partial charge in [-0.15, -0.1) is 5.10 Å². The van der Waals surface area contributed by atoms with E-state index in [1.54, 1.807) is 15.6 Å². The maximum atomic E-state index is 12.9. The molecule has 2 aromatic heterocycles. The highest BCUT2D eigenvalue weighted by atomic mass is 16.5. The third kappa shape index (κ3) is 2.86. The Kier molecular flexibility index (Phi) is 3.92. The largest absolute Gasteiger partial charge is 0.366 e. The summed E-state index contributed by atoms with van der Waals surface area (Å²) in [5, 5.41) is 15.2. The number of aryl methyl sites for hydroxylation is 2. The fourth-order valence-corrected chi connectivity index (χ4v) is 3.02. The van der Waals surface area contributed by atoms with Crippen molar-refractivity contribution in [1.82, 2.24) is 35.1 Å². The lowest BCUT2D eigenvalue weighted by molar-refractivity contribution is -0.0266. The number of aromatic nitrogens is 6. The van der Waals surface area contributed by atoms with Crippen LogP contribution in [0.15, 0.2) is 18.2 Å². The first-order valence-corrected chi connectivity index (χ1v) is 8.28. The molecule has 0 bridgehead atoms. The average molecular weight is 341 g/mol. The van der Waals surface area contributed by atoms with Crippen LogP contribution in [-0.4, -0.2) is 60.7 Å². The van der Waals surface area contributed by atoms with Gasteiger partial charge in [-0.25, -0.2) is 9.67 Å². The molecule has 9 nitrogen and oxygen atoms in total. The summed E-state index contributed by atoms with van der Waals surface area (Å²) in [6, 6.07) is 5.50. The number of aromatic amines is 1. The van der Waals surface area contributed by atoms with E-state index < -0.39 is 0 Å². The van der Waals surface area contributed by atoms with E-state index in [1.165, 1.54) is 0 Å². The van der Waals surface area contributed by atoms with Crippen LogP contribution in [0.2, 0.25) is 0 Å². The molecular formula is C16H19N7O2. The number of morpholine rings is 1. The monoisotopic (exact) mass is 341 g/mol. The summed E-state index contributed by atoms with van der Waals surface area (Å²) in [7, 11) is 0. The maximum Gasteiger partial charge on any atom is 0.254 e. The average Bonchev–Trinajstić information content (AvgIpc) is 3.26. The van der Waals surface area contributed by atoms with Crippen LogP contribution < -0.4 is 0 Å². The van der Waals surface area contributed by atoms with Crippen molar-refractivity contribution in [3.63, 3.8) is 0 Å². The van der Waals surface area contributed by atoms with Gasteiger partial charge in [-0.2, -0.15) is 5.10 Å². The second-order valence-corrected chi connectivity index (χ2v) is 6.00. The van der Waals surface area contributed by atoms with E-state index in [4.69, 9.17) is 4.74 Å². The molecule has 3 aromatic rings.